The summed E-state index contributed by atoms with van der Waals surface area (Å²) in [4.78, 5) is 11.5. The molecule has 0 bridgehead atoms. The summed E-state index contributed by atoms with van der Waals surface area (Å²) in [5.41, 5.74) is 1.16. The third kappa shape index (κ3) is 2.29. The fourth-order valence-corrected chi connectivity index (χ4v) is 2.05. The Morgan fingerprint density at radius 3 is 2.71 bits per heavy atom. The van der Waals surface area contributed by atoms with Gasteiger partial charge in [-0.3, -0.25) is 4.79 Å². The van der Waals surface area contributed by atoms with Gasteiger partial charge in [-0.25, -0.2) is 0 Å². The summed E-state index contributed by atoms with van der Waals surface area (Å²) in [5.74, 6) is 1.31. The molecule has 74 valence electrons. The Morgan fingerprint density at radius 1 is 1.43 bits per heavy atom. The first kappa shape index (κ1) is 9.59. The number of hydrogen-bond donors (Lipinski definition) is 1. The average Bonchev–Trinajstić information content (AvgIpc) is 2.14. The highest BCUT2D eigenvalue weighted by molar-refractivity contribution is 8.01. The second-order valence-corrected chi connectivity index (χ2v) is 4.66. The Kier molecular flexibility index (Phi) is 3.09. The van der Waals surface area contributed by atoms with Crippen molar-refractivity contribution in [2.24, 2.45) is 0 Å². The number of carbonyl (C=O) groups excluding carboxylic acids is 1. The molecular weight excluding hydrogens is 194 g/mol. The van der Waals surface area contributed by atoms with Crippen molar-refractivity contribution in [2.45, 2.75) is 18.2 Å². The zero-order chi connectivity index (χ0) is 9.80. The molecule has 1 unspecified atom stereocenters. The average molecular weight is 207 g/mol. The smallest absolute Gasteiger partial charge is 0.233 e. The Hall–Kier alpha value is -0.960. The van der Waals surface area contributed by atoms with Crippen molar-refractivity contribution in [3.05, 3.63) is 35.9 Å². The normalized spacial score (nSPS) is 19.9. The van der Waals surface area contributed by atoms with Gasteiger partial charge in [0.1, 0.15) is 0 Å². The standard InChI is InChI=1S/C11H13NOS/c13-11(10-6-7-14-10)12-8-9-4-2-1-3-5-9/h1-5,10H,6-8H2,(H,12,13). The van der Waals surface area contributed by atoms with E-state index in [-0.39, 0.29) is 11.2 Å². The molecule has 3 heteroatoms. The molecule has 2 nitrogen and oxygen atoms in total. The van der Waals surface area contributed by atoms with E-state index in [2.05, 4.69) is 5.32 Å². The van der Waals surface area contributed by atoms with Gasteiger partial charge in [0.2, 0.25) is 5.91 Å². The maximum absolute atomic E-state index is 11.5. The summed E-state index contributed by atoms with van der Waals surface area (Å²) in [6.45, 7) is 0.650. The fourth-order valence-electron chi connectivity index (χ4n) is 1.34. The van der Waals surface area contributed by atoms with Gasteiger partial charge in [0.15, 0.2) is 0 Å². The zero-order valence-electron chi connectivity index (χ0n) is 7.90. The van der Waals surface area contributed by atoms with E-state index in [9.17, 15) is 4.79 Å². The van der Waals surface area contributed by atoms with Crippen molar-refractivity contribution >= 4 is 17.7 Å². The van der Waals surface area contributed by atoms with Gasteiger partial charge in [0, 0.05) is 6.54 Å². The second kappa shape index (κ2) is 4.51. The van der Waals surface area contributed by atoms with Crippen molar-refractivity contribution in [3.8, 4) is 0 Å². The topological polar surface area (TPSA) is 29.1 Å². The first-order valence-electron chi connectivity index (χ1n) is 4.79. The van der Waals surface area contributed by atoms with Crippen LogP contribution in [0.2, 0.25) is 0 Å². The SMILES string of the molecule is O=C(NCc1ccccc1)C1CCS1. The van der Waals surface area contributed by atoms with Crippen LogP contribution in [0, 0.1) is 0 Å². The van der Waals surface area contributed by atoms with Gasteiger partial charge in [0.25, 0.3) is 0 Å². The third-order valence-electron chi connectivity index (χ3n) is 2.30. The number of rotatable bonds is 3. The highest BCUT2D eigenvalue weighted by Crippen LogP contribution is 2.27. The summed E-state index contributed by atoms with van der Waals surface area (Å²) >= 11 is 1.74. The molecule has 1 atom stereocenters. The van der Waals surface area contributed by atoms with Crippen LogP contribution in [0.1, 0.15) is 12.0 Å². The lowest BCUT2D eigenvalue weighted by molar-refractivity contribution is -0.121. The largest absolute Gasteiger partial charge is 0.351 e. The molecule has 1 aliphatic rings. The van der Waals surface area contributed by atoms with E-state index in [1.165, 1.54) is 0 Å². The molecule has 0 saturated carbocycles. The Labute approximate surface area is 88.1 Å². The minimum Gasteiger partial charge on any atom is -0.351 e. The van der Waals surface area contributed by atoms with Gasteiger partial charge in [0.05, 0.1) is 5.25 Å². The molecule has 1 fully saturated rings. The van der Waals surface area contributed by atoms with E-state index in [0.29, 0.717) is 6.54 Å². The second-order valence-electron chi connectivity index (χ2n) is 3.35. The van der Waals surface area contributed by atoms with Gasteiger partial charge >= 0.3 is 0 Å². The molecule has 2 rings (SSSR count). The van der Waals surface area contributed by atoms with Crippen molar-refractivity contribution in [3.63, 3.8) is 0 Å². The summed E-state index contributed by atoms with van der Waals surface area (Å²) in [6, 6.07) is 9.99. The lowest BCUT2D eigenvalue weighted by Crippen LogP contribution is -2.36. The molecule has 0 aromatic heterocycles. The lowest BCUT2D eigenvalue weighted by atomic mass is 10.2. The first-order chi connectivity index (χ1) is 6.86. The molecule has 1 aromatic rings. The number of nitrogens with one attached hydrogen (secondary N) is 1. The van der Waals surface area contributed by atoms with Gasteiger partial charge in [-0.2, -0.15) is 0 Å². The number of amides is 1. The molecule has 1 amide bonds. The van der Waals surface area contributed by atoms with Crippen LogP contribution in [-0.2, 0) is 11.3 Å². The quantitative estimate of drug-likeness (QED) is 0.819. The Morgan fingerprint density at radius 2 is 2.14 bits per heavy atom. The molecule has 1 N–H and O–H groups in total. The number of hydrogen-bond acceptors (Lipinski definition) is 2. The van der Waals surface area contributed by atoms with Crippen LogP contribution in [-0.4, -0.2) is 16.9 Å². The van der Waals surface area contributed by atoms with E-state index in [1.807, 2.05) is 30.3 Å². The maximum atomic E-state index is 11.5. The molecular formula is C11H13NOS. The predicted octanol–water partition coefficient (Wildman–Crippen LogP) is 1.81. The van der Waals surface area contributed by atoms with Gasteiger partial charge in [-0.05, 0) is 17.7 Å². The zero-order valence-corrected chi connectivity index (χ0v) is 8.72. The highest BCUT2D eigenvalue weighted by atomic mass is 32.2. The van der Waals surface area contributed by atoms with Gasteiger partial charge in [-0.1, -0.05) is 30.3 Å². The lowest BCUT2D eigenvalue weighted by Gasteiger charge is -2.23. The molecule has 1 aliphatic heterocycles. The molecule has 14 heavy (non-hydrogen) atoms. The van der Waals surface area contributed by atoms with Crippen LogP contribution in [0.4, 0.5) is 0 Å². The predicted molar refractivity (Wildman–Crippen MR) is 59.2 cm³/mol. The molecule has 0 aliphatic carbocycles. The number of carbonyl (C=O) groups is 1. The van der Waals surface area contributed by atoms with E-state index in [4.69, 9.17) is 0 Å². The number of benzene rings is 1. The minimum atomic E-state index is 0.185. The highest BCUT2D eigenvalue weighted by Gasteiger charge is 2.25. The Balaban J connectivity index is 1.79. The molecule has 0 radical (unpaired) electrons. The summed E-state index contributed by atoms with van der Waals surface area (Å²) < 4.78 is 0. The summed E-state index contributed by atoms with van der Waals surface area (Å²) in [7, 11) is 0. The van der Waals surface area contributed by atoms with Crippen molar-refractivity contribution in [1.82, 2.24) is 5.32 Å². The fraction of sp³-hybridized carbons (Fsp3) is 0.364. The molecule has 1 aromatic carbocycles. The maximum Gasteiger partial charge on any atom is 0.233 e. The van der Waals surface area contributed by atoms with E-state index in [1.54, 1.807) is 11.8 Å². The summed E-state index contributed by atoms with van der Waals surface area (Å²) in [5, 5.41) is 3.15. The van der Waals surface area contributed by atoms with Crippen molar-refractivity contribution in [2.75, 3.05) is 5.75 Å². The van der Waals surface area contributed by atoms with Crippen LogP contribution < -0.4 is 5.32 Å². The Bertz CT molecular complexity index is 308. The van der Waals surface area contributed by atoms with Crippen LogP contribution in [0.5, 0.6) is 0 Å². The van der Waals surface area contributed by atoms with Crippen molar-refractivity contribution < 1.29 is 4.79 Å². The van der Waals surface area contributed by atoms with E-state index >= 15 is 0 Å². The first-order valence-corrected chi connectivity index (χ1v) is 5.84. The van der Waals surface area contributed by atoms with Crippen LogP contribution in [0.15, 0.2) is 30.3 Å². The van der Waals surface area contributed by atoms with Gasteiger partial charge in [-0.15, -0.1) is 11.8 Å². The van der Waals surface area contributed by atoms with Crippen LogP contribution in [0.3, 0.4) is 0 Å². The molecule has 1 saturated heterocycles. The van der Waals surface area contributed by atoms with E-state index in [0.717, 1.165) is 17.7 Å². The monoisotopic (exact) mass is 207 g/mol. The van der Waals surface area contributed by atoms with Gasteiger partial charge < -0.3 is 5.32 Å². The number of thioether (sulfide) groups is 1. The van der Waals surface area contributed by atoms with Crippen molar-refractivity contribution in [1.29, 1.82) is 0 Å². The van der Waals surface area contributed by atoms with Crippen LogP contribution >= 0.6 is 11.8 Å². The van der Waals surface area contributed by atoms with Crippen LogP contribution in [0.25, 0.3) is 0 Å². The third-order valence-corrected chi connectivity index (χ3v) is 3.62. The summed E-state index contributed by atoms with van der Waals surface area (Å²) in [6.07, 6.45) is 1.03. The van der Waals surface area contributed by atoms with E-state index < -0.39 is 0 Å². The minimum absolute atomic E-state index is 0.185. The molecule has 1 heterocycles. The molecule has 0 spiro atoms.